The van der Waals surface area contributed by atoms with Crippen LogP contribution in [0, 0.1) is 13.8 Å². The van der Waals surface area contributed by atoms with Crippen LogP contribution < -0.4 is 5.63 Å². The second kappa shape index (κ2) is 3.24. The first-order valence-electron chi connectivity index (χ1n) is 4.29. The van der Waals surface area contributed by atoms with Crippen LogP contribution in [0.1, 0.15) is 11.1 Å². The third kappa shape index (κ3) is 1.38. The summed E-state index contributed by atoms with van der Waals surface area (Å²) in [6.45, 7) is 3.92. The van der Waals surface area contributed by atoms with E-state index in [0.29, 0.717) is 10.1 Å². The first-order valence-corrected chi connectivity index (χ1v) is 5.08. The second-order valence-electron chi connectivity index (χ2n) is 3.33. The van der Waals surface area contributed by atoms with Crippen molar-refractivity contribution in [3.8, 4) is 0 Å². The zero-order valence-electron chi connectivity index (χ0n) is 7.93. The summed E-state index contributed by atoms with van der Waals surface area (Å²) in [6.07, 6.45) is 0. The van der Waals surface area contributed by atoms with Crippen LogP contribution in [0.5, 0.6) is 0 Å². The zero-order chi connectivity index (χ0) is 10.3. The molecule has 0 aliphatic carbocycles. The highest BCUT2D eigenvalue weighted by molar-refractivity contribution is 9.10. The molecule has 3 heteroatoms. The Morgan fingerprint density at radius 3 is 2.71 bits per heavy atom. The average Bonchev–Trinajstić information content (AvgIpc) is 2.16. The molecule has 2 aromatic rings. The summed E-state index contributed by atoms with van der Waals surface area (Å²) in [4.78, 5) is 11.3. The van der Waals surface area contributed by atoms with E-state index in [2.05, 4.69) is 15.9 Å². The van der Waals surface area contributed by atoms with Gasteiger partial charge in [-0.05, 0) is 47.5 Å². The van der Waals surface area contributed by atoms with Crippen LogP contribution in [0.3, 0.4) is 0 Å². The fourth-order valence-electron chi connectivity index (χ4n) is 1.44. The molecule has 1 aromatic carbocycles. The average molecular weight is 253 g/mol. The van der Waals surface area contributed by atoms with Crippen molar-refractivity contribution in [2.45, 2.75) is 13.8 Å². The summed E-state index contributed by atoms with van der Waals surface area (Å²) >= 11 is 3.22. The normalized spacial score (nSPS) is 10.8. The van der Waals surface area contributed by atoms with Crippen molar-refractivity contribution in [2.75, 3.05) is 0 Å². The molecule has 0 spiro atoms. The molecule has 0 aliphatic rings. The highest BCUT2D eigenvalue weighted by Crippen LogP contribution is 2.23. The Balaban J connectivity index is 2.99. The van der Waals surface area contributed by atoms with E-state index in [-0.39, 0.29) is 5.63 Å². The van der Waals surface area contributed by atoms with Crippen molar-refractivity contribution in [1.29, 1.82) is 0 Å². The van der Waals surface area contributed by atoms with Gasteiger partial charge in [-0.25, -0.2) is 4.79 Å². The van der Waals surface area contributed by atoms with E-state index >= 15 is 0 Å². The Hall–Kier alpha value is -1.09. The topological polar surface area (TPSA) is 30.2 Å². The lowest BCUT2D eigenvalue weighted by atomic mass is 10.1. The molecule has 2 nitrogen and oxygen atoms in total. The molecule has 72 valence electrons. The van der Waals surface area contributed by atoms with Gasteiger partial charge in [0.25, 0.3) is 0 Å². The minimum atomic E-state index is -0.321. The van der Waals surface area contributed by atoms with Gasteiger partial charge in [0.1, 0.15) is 10.1 Å². The molecular weight excluding hydrogens is 244 g/mol. The SMILES string of the molecule is Cc1ccc2oc(=O)c(Br)c(C)c2c1. The van der Waals surface area contributed by atoms with E-state index in [1.807, 2.05) is 32.0 Å². The maximum Gasteiger partial charge on any atom is 0.350 e. The molecule has 1 heterocycles. The van der Waals surface area contributed by atoms with Crippen LogP contribution in [-0.4, -0.2) is 0 Å². The highest BCUT2D eigenvalue weighted by Gasteiger charge is 2.07. The van der Waals surface area contributed by atoms with E-state index in [0.717, 1.165) is 16.5 Å². The molecule has 0 unspecified atom stereocenters. The summed E-state index contributed by atoms with van der Waals surface area (Å²) in [5.41, 5.74) is 2.40. The van der Waals surface area contributed by atoms with E-state index in [1.54, 1.807) is 0 Å². The Labute approximate surface area is 89.7 Å². The first-order chi connectivity index (χ1) is 6.59. The van der Waals surface area contributed by atoms with E-state index in [1.165, 1.54) is 0 Å². The maximum atomic E-state index is 11.3. The van der Waals surface area contributed by atoms with Gasteiger partial charge in [-0.2, -0.15) is 0 Å². The van der Waals surface area contributed by atoms with Crippen molar-refractivity contribution in [3.63, 3.8) is 0 Å². The summed E-state index contributed by atoms with van der Waals surface area (Å²) < 4.78 is 5.64. The molecule has 0 atom stereocenters. The number of hydrogen-bond donors (Lipinski definition) is 0. The lowest BCUT2D eigenvalue weighted by Gasteiger charge is -2.03. The number of benzene rings is 1. The fourth-order valence-corrected chi connectivity index (χ4v) is 1.74. The molecule has 0 saturated carbocycles. The van der Waals surface area contributed by atoms with E-state index in [9.17, 15) is 4.79 Å². The lowest BCUT2D eigenvalue weighted by molar-refractivity contribution is 0.555. The number of fused-ring (bicyclic) bond motifs is 1. The van der Waals surface area contributed by atoms with Gasteiger partial charge in [0.15, 0.2) is 0 Å². The standard InChI is InChI=1S/C11H9BrO2/c1-6-3-4-9-8(5-6)7(2)10(12)11(13)14-9/h3-5H,1-2H3. The van der Waals surface area contributed by atoms with E-state index < -0.39 is 0 Å². The van der Waals surface area contributed by atoms with Gasteiger partial charge >= 0.3 is 5.63 Å². The predicted molar refractivity (Wildman–Crippen MR) is 59.7 cm³/mol. The minimum absolute atomic E-state index is 0.321. The number of hydrogen-bond acceptors (Lipinski definition) is 2. The van der Waals surface area contributed by atoms with Crippen molar-refractivity contribution in [1.82, 2.24) is 0 Å². The maximum absolute atomic E-state index is 11.3. The van der Waals surface area contributed by atoms with Crippen LogP contribution >= 0.6 is 15.9 Å². The monoisotopic (exact) mass is 252 g/mol. The largest absolute Gasteiger partial charge is 0.422 e. The summed E-state index contributed by atoms with van der Waals surface area (Å²) in [5, 5.41) is 0.983. The van der Waals surface area contributed by atoms with Gasteiger partial charge in [0, 0.05) is 5.39 Å². The summed E-state index contributed by atoms with van der Waals surface area (Å²) in [6, 6.07) is 5.77. The Morgan fingerprint density at radius 1 is 1.29 bits per heavy atom. The zero-order valence-corrected chi connectivity index (χ0v) is 9.51. The smallest absolute Gasteiger partial charge is 0.350 e. The van der Waals surface area contributed by atoms with Crippen LogP contribution in [-0.2, 0) is 0 Å². The molecule has 0 bridgehead atoms. The summed E-state index contributed by atoms with van der Waals surface area (Å²) in [7, 11) is 0. The quantitative estimate of drug-likeness (QED) is 0.675. The molecule has 1 aromatic heterocycles. The first kappa shape index (κ1) is 9.46. The lowest BCUT2D eigenvalue weighted by Crippen LogP contribution is -2.02. The van der Waals surface area contributed by atoms with E-state index in [4.69, 9.17) is 4.42 Å². The third-order valence-electron chi connectivity index (χ3n) is 2.25. The molecule has 0 N–H and O–H groups in total. The van der Waals surface area contributed by atoms with Crippen molar-refractivity contribution < 1.29 is 4.42 Å². The Kier molecular flexibility index (Phi) is 2.19. The molecule has 0 saturated heterocycles. The Bertz CT molecular complexity index is 555. The predicted octanol–water partition coefficient (Wildman–Crippen LogP) is 3.17. The van der Waals surface area contributed by atoms with Crippen LogP contribution in [0.25, 0.3) is 11.0 Å². The molecule has 0 aliphatic heterocycles. The van der Waals surface area contributed by atoms with Crippen molar-refractivity contribution >= 4 is 26.9 Å². The van der Waals surface area contributed by atoms with Crippen molar-refractivity contribution in [2.24, 2.45) is 0 Å². The van der Waals surface area contributed by atoms with Gasteiger partial charge < -0.3 is 4.42 Å². The molecular formula is C11H9BrO2. The second-order valence-corrected chi connectivity index (χ2v) is 4.12. The van der Waals surface area contributed by atoms with Crippen LogP contribution in [0.15, 0.2) is 31.9 Å². The van der Waals surface area contributed by atoms with Gasteiger partial charge in [0.05, 0.1) is 0 Å². The summed E-state index contributed by atoms with van der Waals surface area (Å²) in [5.74, 6) is 0. The third-order valence-corrected chi connectivity index (χ3v) is 3.17. The van der Waals surface area contributed by atoms with Crippen LogP contribution in [0.4, 0.5) is 0 Å². The van der Waals surface area contributed by atoms with Crippen molar-refractivity contribution in [3.05, 3.63) is 44.2 Å². The highest BCUT2D eigenvalue weighted by atomic mass is 79.9. The number of halogens is 1. The minimum Gasteiger partial charge on any atom is -0.422 e. The molecule has 0 radical (unpaired) electrons. The number of rotatable bonds is 0. The van der Waals surface area contributed by atoms with Gasteiger partial charge in [-0.1, -0.05) is 11.6 Å². The van der Waals surface area contributed by atoms with Gasteiger partial charge in [-0.15, -0.1) is 0 Å². The molecule has 14 heavy (non-hydrogen) atoms. The molecule has 0 amide bonds. The molecule has 2 rings (SSSR count). The molecule has 0 fully saturated rings. The van der Waals surface area contributed by atoms with Gasteiger partial charge in [-0.3, -0.25) is 0 Å². The number of aryl methyl sites for hydroxylation is 2. The fraction of sp³-hybridized carbons (Fsp3) is 0.182. The Morgan fingerprint density at radius 2 is 2.00 bits per heavy atom. The van der Waals surface area contributed by atoms with Gasteiger partial charge in [0.2, 0.25) is 0 Å². The van der Waals surface area contributed by atoms with Crippen LogP contribution in [0.2, 0.25) is 0 Å².